The summed E-state index contributed by atoms with van der Waals surface area (Å²) < 4.78 is 46.7. The summed E-state index contributed by atoms with van der Waals surface area (Å²) in [6.07, 6.45) is -2.08. The maximum atomic E-state index is 13.2. The van der Waals surface area contributed by atoms with Gasteiger partial charge >= 0.3 is 6.18 Å². The Kier molecular flexibility index (Phi) is 4.67. The molecule has 0 aliphatic rings. The minimum Gasteiger partial charge on any atom is -0.392 e. The number of carbonyl (C=O) groups excluding carboxylic acids is 1. The van der Waals surface area contributed by atoms with Gasteiger partial charge in [-0.2, -0.15) is 18.2 Å². The maximum Gasteiger partial charge on any atom is 0.416 e. The van der Waals surface area contributed by atoms with Crippen LogP contribution < -0.4 is 0 Å². The third-order valence-corrected chi connectivity index (χ3v) is 4.58. The molecule has 0 amide bonds. The van der Waals surface area contributed by atoms with Gasteiger partial charge in [0.25, 0.3) is 5.89 Å². The number of hydrogen-bond acceptors (Lipinski definition) is 5. The molecule has 2 heterocycles. The second-order valence-electron chi connectivity index (χ2n) is 6.32. The summed E-state index contributed by atoms with van der Waals surface area (Å²) in [5, 5.41) is 13.9. The van der Waals surface area contributed by atoms with E-state index >= 15 is 0 Å². The number of aliphatic hydroxyl groups is 1. The number of benzene rings is 2. The first-order chi connectivity index (χ1) is 13.9. The number of halogens is 3. The van der Waals surface area contributed by atoms with Gasteiger partial charge in [-0.15, -0.1) is 0 Å². The van der Waals surface area contributed by atoms with E-state index in [1.165, 1.54) is 12.1 Å². The molecule has 0 spiro atoms. The molecular formula is C20H14F3N3O3. The van der Waals surface area contributed by atoms with Gasteiger partial charge in [0, 0.05) is 28.2 Å². The van der Waals surface area contributed by atoms with Gasteiger partial charge in [-0.05, 0) is 29.8 Å². The van der Waals surface area contributed by atoms with E-state index < -0.39 is 18.3 Å². The SMILES string of the molecule is O=CCn1ccc2c(-c3noc(-c4ccc(CO)c(C(F)(F)F)c4)n3)cccc21. The zero-order valence-corrected chi connectivity index (χ0v) is 14.8. The van der Waals surface area contributed by atoms with Gasteiger partial charge in [0.2, 0.25) is 5.82 Å². The van der Waals surface area contributed by atoms with Crippen molar-refractivity contribution in [2.75, 3.05) is 0 Å². The largest absolute Gasteiger partial charge is 0.416 e. The van der Waals surface area contributed by atoms with E-state index in [9.17, 15) is 18.0 Å². The summed E-state index contributed by atoms with van der Waals surface area (Å²) in [5.74, 6) is 0.147. The van der Waals surface area contributed by atoms with E-state index in [0.717, 1.165) is 23.3 Å². The van der Waals surface area contributed by atoms with Crippen molar-refractivity contribution in [2.45, 2.75) is 19.3 Å². The minimum atomic E-state index is -4.62. The summed E-state index contributed by atoms with van der Waals surface area (Å²) >= 11 is 0. The number of aliphatic hydroxyl groups excluding tert-OH is 1. The monoisotopic (exact) mass is 401 g/mol. The molecule has 0 atom stereocenters. The highest BCUT2D eigenvalue weighted by atomic mass is 19.4. The fourth-order valence-electron chi connectivity index (χ4n) is 3.22. The molecule has 0 fully saturated rings. The predicted molar refractivity (Wildman–Crippen MR) is 97.7 cm³/mol. The molecule has 0 bridgehead atoms. The number of rotatable bonds is 5. The van der Waals surface area contributed by atoms with Gasteiger partial charge in [0.1, 0.15) is 6.29 Å². The molecule has 4 aromatic rings. The van der Waals surface area contributed by atoms with Crippen molar-refractivity contribution in [2.24, 2.45) is 0 Å². The number of alkyl halides is 3. The summed E-state index contributed by atoms with van der Waals surface area (Å²) in [7, 11) is 0. The average Bonchev–Trinajstić information content (AvgIpc) is 3.35. The Morgan fingerprint density at radius 2 is 2.00 bits per heavy atom. The number of fused-ring (bicyclic) bond motifs is 1. The fourth-order valence-corrected chi connectivity index (χ4v) is 3.22. The van der Waals surface area contributed by atoms with Gasteiger partial charge in [0.05, 0.1) is 18.7 Å². The first-order valence-corrected chi connectivity index (χ1v) is 8.59. The number of carbonyl (C=O) groups is 1. The van der Waals surface area contributed by atoms with Crippen LogP contribution in [0.1, 0.15) is 11.1 Å². The van der Waals surface area contributed by atoms with Crippen LogP contribution in [0.25, 0.3) is 33.7 Å². The molecule has 0 radical (unpaired) electrons. The zero-order valence-electron chi connectivity index (χ0n) is 14.8. The molecule has 0 aliphatic carbocycles. The molecule has 0 unspecified atom stereocenters. The van der Waals surface area contributed by atoms with Crippen LogP contribution in [0.15, 0.2) is 53.2 Å². The molecule has 0 aliphatic heterocycles. The minimum absolute atomic E-state index is 0.0701. The number of aldehydes is 1. The number of hydrogen-bond donors (Lipinski definition) is 1. The first kappa shape index (κ1) is 18.9. The van der Waals surface area contributed by atoms with Crippen molar-refractivity contribution in [3.05, 3.63) is 59.8 Å². The Labute approximate surface area is 162 Å². The van der Waals surface area contributed by atoms with E-state index in [-0.39, 0.29) is 29.4 Å². The van der Waals surface area contributed by atoms with Crippen LogP contribution in [-0.4, -0.2) is 26.1 Å². The van der Waals surface area contributed by atoms with Crippen LogP contribution in [0.4, 0.5) is 13.2 Å². The highest BCUT2D eigenvalue weighted by molar-refractivity contribution is 5.94. The lowest BCUT2D eigenvalue weighted by Crippen LogP contribution is -2.09. The lowest BCUT2D eigenvalue weighted by Gasteiger charge is -2.11. The van der Waals surface area contributed by atoms with Crippen molar-refractivity contribution in [1.82, 2.24) is 14.7 Å². The Hall–Kier alpha value is -3.46. The molecule has 2 aromatic heterocycles. The van der Waals surface area contributed by atoms with E-state index in [2.05, 4.69) is 10.1 Å². The second kappa shape index (κ2) is 7.17. The van der Waals surface area contributed by atoms with Crippen LogP contribution in [0, 0.1) is 0 Å². The van der Waals surface area contributed by atoms with Crippen LogP contribution in [0.2, 0.25) is 0 Å². The van der Waals surface area contributed by atoms with Crippen LogP contribution >= 0.6 is 0 Å². The molecular weight excluding hydrogens is 387 g/mol. The molecule has 0 saturated carbocycles. The van der Waals surface area contributed by atoms with E-state index in [0.29, 0.717) is 5.56 Å². The molecule has 2 aromatic carbocycles. The smallest absolute Gasteiger partial charge is 0.392 e. The van der Waals surface area contributed by atoms with E-state index in [1.54, 1.807) is 22.9 Å². The zero-order chi connectivity index (χ0) is 20.6. The van der Waals surface area contributed by atoms with Crippen molar-refractivity contribution >= 4 is 17.2 Å². The Morgan fingerprint density at radius 1 is 1.17 bits per heavy atom. The average molecular weight is 401 g/mol. The van der Waals surface area contributed by atoms with Crippen molar-refractivity contribution in [3.63, 3.8) is 0 Å². The maximum absolute atomic E-state index is 13.2. The van der Waals surface area contributed by atoms with Crippen LogP contribution in [0.3, 0.4) is 0 Å². The van der Waals surface area contributed by atoms with Gasteiger partial charge in [0.15, 0.2) is 0 Å². The molecule has 9 heteroatoms. The standard InChI is InChI=1S/C20H14F3N3O3/c21-20(22,23)16-10-12(4-5-13(16)11-28)19-24-18(25-29-19)15-2-1-3-17-14(15)6-7-26(17)8-9-27/h1-7,9-10,28H,8,11H2. The summed E-state index contributed by atoms with van der Waals surface area (Å²) in [4.78, 5) is 15.1. The fraction of sp³-hybridized carbons (Fsp3) is 0.150. The third-order valence-electron chi connectivity index (χ3n) is 4.58. The summed E-state index contributed by atoms with van der Waals surface area (Å²) in [6.45, 7) is -0.536. The first-order valence-electron chi connectivity index (χ1n) is 8.59. The normalized spacial score (nSPS) is 11.9. The van der Waals surface area contributed by atoms with Gasteiger partial charge in [-0.1, -0.05) is 23.4 Å². The Morgan fingerprint density at radius 3 is 2.72 bits per heavy atom. The highest BCUT2D eigenvalue weighted by Gasteiger charge is 2.34. The van der Waals surface area contributed by atoms with Crippen molar-refractivity contribution in [3.8, 4) is 22.8 Å². The molecule has 4 rings (SSSR count). The second-order valence-corrected chi connectivity index (χ2v) is 6.32. The quantitative estimate of drug-likeness (QED) is 0.510. The lowest BCUT2D eigenvalue weighted by molar-refractivity contribution is -0.138. The van der Waals surface area contributed by atoms with Gasteiger partial charge in [-0.3, -0.25) is 0 Å². The van der Waals surface area contributed by atoms with Crippen molar-refractivity contribution in [1.29, 1.82) is 0 Å². The molecule has 0 saturated heterocycles. The Bertz CT molecular complexity index is 1190. The lowest BCUT2D eigenvalue weighted by atomic mass is 10.0. The van der Waals surface area contributed by atoms with Crippen LogP contribution in [-0.2, 0) is 24.1 Å². The van der Waals surface area contributed by atoms with Gasteiger partial charge < -0.3 is 19.0 Å². The Balaban J connectivity index is 1.77. The topological polar surface area (TPSA) is 81.2 Å². The molecule has 6 nitrogen and oxygen atoms in total. The van der Waals surface area contributed by atoms with Gasteiger partial charge in [-0.25, -0.2) is 0 Å². The molecule has 148 valence electrons. The molecule has 29 heavy (non-hydrogen) atoms. The number of nitrogens with zero attached hydrogens (tertiary/aromatic N) is 3. The predicted octanol–water partition coefficient (Wildman–Crippen LogP) is 4.07. The van der Waals surface area contributed by atoms with E-state index in [4.69, 9.17) is 9.63 Å². The highest BCUT2D eigenvalue weighted by Crippen LogP contribution is 2.35. The van der Waals surface area contributed by atoms with E-state index in [1.807, 2.05) is 12.1 Å². The third kappa shape index (κ3) is 3.40. The molecule has 1 N–H and O–H groups in total. The number of aromatic nitrogens is 3. The van der Waals surface area contributed by atoms with Crippen LogP contribution in [0.5, 0.6) is 0 Å². The van der Waals surface area contributed by atoms with Crippen molar-refractivity contribution < 1.29 is 27.6 Å². The summed E-state index contributed by atoms with van der Waals surface area (Å²) in [6, 6.07) is 10.6. The summed E-state index contributed by atoms with van der Waals surface area (Å²) in [5.41, 5.74) is 0.337.